The van der Waals surface area contributed by atoms with Gasteiger partial charge in [0.1, 0.15) is 0 Å². The van der Waals surface area contributed by atoms with Crippen molar-refractivity contribution in [1.29, 1.82) is 0 Å². The Morgan fingerprint density at radius 3 is 1.87 bits per heavy atom. The zero-order valence-electron chi connectivity index (χ0n) is 11.3. The fourth-order valence-electron chi connectivity index (χ4n) is 1.96. The molecule has 0 aromatic heterocycles. The predicted molar refractivity (Wildman–Crippen MR) is 69.4 cm³/mol. The van der Waals surface area contributed by atoms with Crippen LogP contribution in [0.4, 0.5) is 0 Å². The summed E-state index contributed by atoms with van der Waals surface area (Å²) in [5.41, 5.74) is 0.387. The maximum Gasteiger partial charge on any atom is 0.0173 e. The van der Waals surface area contributed by atoms with Crippen molar-refractivity contribution in [1.82, 2.24) is 10.6 Å². The van der Waals surface area contributed by atoms with Crippen molar-refractivity contribution in [2.24, 2.45) is 0 Å². The summed E-state index contributed by atoms with van der Waals surface area (Å²) in [5.74, 6) is 0. The zero-order valence-corrected chi connectivity index (χ0v) is 11.3. The minimum Gasteiger partial charge on any atom is -0.314 e. The van der Waals surface area contributed by atoms with Gasteiger partial charge in [-0.25, -0.2) is 0 Å². The standard InChI is InChI=1S/C13H30N2/c1-6-13(7-2,8-3)15-11-9-10-14-12(4)5/h12,14-15H,6-11H2,1-5H3. The maximum absolute atomic E-state index is 3.72. The molecule has 0 rings (SSSR count). The Hall–Kier alpha value is -0.0800. The Kier molecular flexibility index (Phi) is 8.07. The Morgan fingerprint density at radius 1 is 0.933 bits per heavy atom. The quantitative estimate of drug-likeness (QED) is 0.577. The highest BCUT2D eigenvalue weighted by Crippen LogP contribution is 2.18. The minimum atomic E-state index is 0.387. The van der Waals surface area contributed by atoms with E-state index >= 15 is 0 Å². The van der Waals surface area contributed by atoms with Gasteiger partial charge in [0, 0.05) is 11.6 Å². The van der Waals surface area contributed by atoms with Crippen LogP contribution in [-0.2, 0) is 0 Å². The van der Waals surface area contributed by atoms with Crippen LogP contribution < -0.4 is 10.6 Å². The van der Waals surface area contributed by atoms with Gasteiger partial charge in [-0.15, -0.1) is 0 Å². The van der Waals surface area contributed by atoms with Crippen molar-refractivity contribution in [2.75, 3.05) is 13.1 Å². The van der Waals surface area contributed by atoms with E-state index in [-0.39, 0.29) is 0 Å². The molecule has 0 spiro atoms. The van der Waals surface area contributed by atoms with Crippen LogP contribution in [0.3, 0.4) is 0 Å². The molecule has 2 N–H and O–H groups in total. The van der Waals surface area contributed by atoms with Crippen molar-refractivity contribution in [3.8, 4) is 0 Å². The lowest BCUT2D eigenvalue weighted by atomic mass is 9.90. The second-order valence-electron chi connectivity index (χ2n) is 4.73. The Bertz CT molecular complexity index is 131. The molecule has 0 aliphatic carbocycles. The Balaban J connectivity index is 3.63. The molecule has 0 fully saturated rings. The van der Waals surface area contributed by atoms with Crippen LogP contribution in [0.1, 0.15) is 60.3 Å². The number of rotatable bonds is 9. The molecular weight excluding hydrogens is 184 g/mol. The molecule has 15 heavy (non-hydrogen) atoms. The molecule has 0 aromatic rings. The van der Waals surface area contributed by atoms with Gasteiger partial charge in [-0.3, -0.25) is 0 Å². The summed E-state index contributed by atoms with van der Waals surface area (Å²) in [4.78, 5) is 0. The van der Waals surface area contributed by atoms with Gasteiger partial charge in [0.2, 0.25) is 0 Å². The van der Waals surface area contributed by atoms with Gasteiger partial charge in [-0.2, -0.15) is 0 Å². The summed E-state index contributed by atoms with van der Waals surface area (Å²) < 4.78 is 0. The van der Waals surface area contributed by atoms with Crippen molar-refractivity contribution in [2.45, 2.75) is 71.9 Å². The molecule has 0 heterocycles. The van der Waals surface area contributed by atoms with Gasteiger partial charge in [0.25, 0.3) is 0 Å². The van der Waals surface area contributed by atoms with E-state index in [0.29, 0.717) is 11.6 Å². The van der Waals surface area contributed by atoms with Gasteiger partial charge in [-0.05, 0) is 38.8 Å². The molecule has 0 saturated heterocycles. The molecule has 92 valence electrons. The van der Waals surface area contributed by atoms with Crippen LogP contribution in [0.5, 0.6) is 0 Å². The summed E-state index contributed by atoms with van der Waals surface area (Å²) in [6, 6.07) is 0.610. The monoisotopic (exact) mass is 214 g/mol. The highest BCUT2D eigenvalue weighted by atomic mass is 15.0. The molecular formula is C13H30N2. The van der Waals surface area contributed by atoms with E-state index in [0.717, 1.165) is 13.1 Å². The second kappa shape index (κ2) is 8.12. The minimum absolute atomic E-state index is 0.387. The molecule has 0 amide bonds. The highest BCUT2D eigenvalue weighted by Gasteiger charge is 2.21. The number of hydrogen-bond donors (Lipinski definition) is 2. The first-order valence-electron chi connectivity index (χ1n) is 6.58. The number of nitrogens with one attached hydrogen (secondary N) is 2. The van der Waals surface area contributed by atoms with Crippen LogP contribution in [0.15, 0.2) is 0 Å². The van der Waals surface area contributed by atoms with Crippen LogP contribution in [0, 0.1) is 0 Å². The number of hydrogen-bond acceptors (Lipinski definition) is 2. The predicted octanol–water partition coefficient (Wildman–Crippen LogP) is 2.93. The van der Waals surface area contributed by atoms with E-state index < -0.39 is 0 Å². The molecule has 0 saturated carbocycles. The Morgan fingerprint density at radius 2 is 1.47 bits per heavy atom. The Labute approximate surface area is 96.2 Å². The van der Waals surface area contributed by atoms with E-state index in [2.05, 4.69) is 45.3 Å². The first-order chi connectivity index (χ1) is 7.10. The van der Waals surface area contributed by atoms with E-state index in [1.165, 1.54) is 25.7 Å². The third-order valence-electron chi connectivity index (χ3n) is 3.44. The van der Waals surface area contributed by atoms with Crippen molar-refractivity contribution < 1.29 is 0 Å². The SMILES string of the molecule is CCC(CC)(CC)NCCCNC(C)C. The lowest BCUT2D eigenvalue weighted by Crippen LogP contribution is -2.44. The smallest absolute Gasteiger partial charge is 0.0173 e. The highest BCUT2D eigenvalue weighted by molar-refractivity contribution is 4.83. The molecule has 0 atom stereocenters. The third-order valence-corrected chi connectivity index (χ3v) is 3.44. The molecule has 0 radical (unpaired) electrons. The van der Waals surface area contributed by atoms with Crippen LogP contribution in [-0.4, -0.2) is 24.7 Å². The molecule has 2 heteroatoms. The summed E-state index contributed by atoms with van der Waals surface area (Å²) in [6.45, 7) is 13.5. The summed E-state index contributed by atoms with van der Waals surface area (Å²) in [6.07, 6.45) is 4.92. The lowest BCUT2D eigenvalue weighted by Gasteiger charge is -2.32. The molecule has 0 aliphatic heterocycles. The molecule has 0 bridgehead atoms. The molecule has 0 unspecified atom stereocenters. The van der Waals surface area contributed by atoms with E-state index in [9.17, 15) is 0 Å². The van der Waals surface area contributed by atoms with Gasteiger partial charge in [0.05, 0.1) is 0 Å². The maximum atomic E-state index is 3.72. The van der Waals surface area contributed by atoms with Gasteiger partial charge < -0.3 is 10.6 Å². The van der Waals surface area contributed by atoms with Crippen LogP contribution in [0.25, 0.3) is 0 Å². The van der Waals surface area contributed by atoms with Crippen molar-refractivity contribution >= 4 is 0 Å². The zero-order chi connectivity index (χ0) is 11.7. The third kappa shape index (κ3) is 6.16. The van der Waals surface area contributed by atoms with E-state index in [4.69, 9.17) is 0 Å². The van der Waals surface area contributed by atoms with Crippen molar-refractivity contribution in [3.05, 3.63) is 0 Å². The first-order valence-corrected chi connectivity index (χ1v) is 6.58. The summed E-state index contributed by atoms with van der Waals surface area (Å²) in [5, 5.41) is 7.16. The van der Waals surface area contributed by atoms with E-state index in [1.54, 1.807) is 0 Å². The van der Waals surface area contributed by atoms with Gasteiger partial charge >= 0.3 is 0 Å². The summed E-state index contributed by atoms with van der Waals surface area (Å²) >= 11 is 0. The van der Waals surface area contributed by atoms with Gasteiger partial charge in [0.15, 0.2) is 0 Å². The largest absolute Gasteiger partial charge is 0.314 e. The average Bonchev–Trinajstić information content (AvgIpc) is 2.24. The van der Waals surface area contributed by atoms with Crippen LogP contribution in [0.2, 0.25) is 0 Å². The molecule has 0 aromatic carbocycles. The molecule has 2 nitrogen and oxygen atoms in total. The normalized spacial score (nSPS) is 12.4. The van der Waals surface area contributed by atoms with Gasteiger partial charge in [-0.1, -0.05) is 34.6 Å². The van der Waals surface area contributed by atoms with E-state index in [1.807, 2.05) is 0 Å². The molecule has 0 aliphatic rings. The second-order valence-corrected chi connectivity index (χ2v) is 4.73. The van der Waals surface area contributed by atoms with Crippen LogP contribution >= 0.6 is 0 Å². The summed E-state index contributed by atoms with van der Waals surface area (Å²) in [7, 11) is 0. The topological polar surface area (TPSA) is 24.1 Å². The average molecular weight is 214 g/mol. The lowest BCUT2D eigenvalue weighted by molar-refractivity contribution is 0.288. The fraction of sp³-hybridized carbons (Fsp3) is 1.00. The van der Waals surface area contributed by atoms with Crippen molar-refractivity contribution in [3.63, 3.8) is 0 Å². The fourth-order valence-corrected chi connectivity index (χ4v) is 1.96. The first kappa shape index (κ1) is 14.9.